The monoisotopic (exact) mass is 208 g/mol. The Balaban J connectivity index is 1.72. The van der Waals surface area contributed by atoms with E-state index in [4.69, 9.17) is 9.84 Å². The first kappa shape index (κ1) is 10.4. The molecule has 4 nitrogen and oxygen atoms in total. The summed E-state index contributed by atoms with van der Waals surface area (Å²) in [6.07, 6.45) is 2.97. The maximum Gasteiger partial charge on any atom is 0.137 e. The molecule has 0 atom stereocenters. The zero-order chi connectivity index (χ0) is 10.5. The number of ether oxygens (including phenoxy) is 1. The Morgan fingerprint density at radius 2 is 2.27 bits per heavy atom. The molecule has 4 heteroatoms. The number of aliphatic hydroxyl groups is 1. The van der Waals surface area contributed by atoms with Crippen LogP contribution in [0.1, 0.15) is 12.1 Å². The van der Waals surface area contributed by atoms with Gasteiger partial charge in [-0.2, -0.15) is 0 Å². The smallest absolute Gasteiger partial charge is 0.137 e. The van der Waals surface area contributed by atoms with E-state index < -0.39 is 0 Å². The minimum atomic E-state index is -0.0198. The second-order valence-corrected chi connectivity index (χ2v) is 3.69. The molecule has 0 unspecified atom stereocenters. The molecule has 2 rings (SSSR count). The molecule has 82 valence electrons. The molecule has 2 heterocycles. The van der Waals surface area contributed by atoms with Gasteiger partial charge in [0.1, 0.15) is 12.4 Å². The summed E-state index contributed by atoms with van der Waals surface area (Å²) >= 11 is 0. The third-order valence-corrected chi connectivity index (χ3v) is 2.58. The van der Waals surface area contributed by atoms with E-state index in [0.717, 1.165) is 12.3 Å². The summed E-state index contributed by atoms with van der Waals surface area (Å²) in [5.74, 6) is 0.771. The molecule has 0 spiro atoms. The summed E-state index contributed by atoms with van der Waals surface area (Å²) < 4.78 is 5.53. The van der Waals surface area contributed by atoms with Gasteiger partial charge in [0.05, 0.1) is 18.5 Å². The normalized spacial score (nSPS) is 16.1. The van der Waals surface area contributed by atoms with Crippen molar-refractivity contribution in [1.82, 2.24) is 9.88 Å². The molecule has 0 amide bonds. The van der Waals surface area contributed by atoms with E-state index in [-0.39, 0.29) is 6.61 Å². The summed E-state index contributed by atoms with van der Waals surface area (Å²) in [6, 6.07) is 3.62. The first-order valence-electron chi connectivity index (χ1n) is 5.29. The Morgan fingerprint density at radius 1 is 1.40 bits per heavy atom. The third kappa shape index (κ3) is 2.91. The van der Waals surface area contributed by atoms with Crippen LogP contribution in [0.4, 0.5) is 0 Å². The van der Waals surface area contributed by atoms with Gasteiger partial charge >= 0.3 is 0 Å². The number of pyridine rings is 1. The van der Waals surface area contributed by atoms with Gasteiger partial charge in [-0.15, -0.1) is 0 Å². The van der Waals surface area contributed by atoms with E-state index in [2.05, 4.69) is 9.88 Å². The van der Waals surface area contributed by atoms with Crippen LogP contribution in [-0.4, -0.2) is 41.2 Å². The highest BCUT2D eigenvalue weighted by Gasteiger charge is 2.12. The molecule has 0 aromatic carbocycles. The maximum atomic E-state index is 8.81. The highest BCUT2D eigenvalue weighted by atomic mass is 16.5. The second-order valence-electron chi connectivity index (χ2n) is 3.69. The lowest BCUT2D eigenvalue weighted by atomic mass is 10.2. The number of rotatable bonds is 5. The fourth-order valence-corrected chi connectivity index (χ4v) is 1.49. The van der Waals surface area contributed by atoms with Crippen LogP contribution in [0.25, 0.3) is 0 Å². The van der Waals surface area contributed by atoms with E-state index in [1.165, 1.54) is 19.5 Å². The van der Waals surface area contributed by atoms with E-state index in [9.17, 15) is 0 Å². The summed E-state index contributed by atoms with van der Waals surface area (Å²) in [7, 11) is 0. The van der Waals surface area contributed by atoms with Crippen LogP contribution in [0.3, 0.4) is 0 Å². The molecule has 0 saturated carbocycles. The number of likely N-dealkylation sites (tertiary alicyclic amines) is 1. The Morgan fingerprint density at radius 3 is 2.80 bits per heavy atom. The topological polar surface area (TPSA) is 45.6 Å². The molecule has 1 aromatic heterocycles. The minimum Gasteiger partial charge on any atom is -0.491 e. The second kappa shape index (κ2) is 5.09. The molecule has 1 aliphatic rings. The van der Waals surface area contributed by atoms with E-state index in [1.54, 1.807) is 12.3 Å². The number of nitrogens with zero attached hydrogens (tertiary/aromatic N) is 2. The third-order valence-electron chi connectivity index (χ3n) is 2.58. The molecule has 0 bridgehead atoms. The van der Waals surface area contributed by atoms with Gasteiger partial charge < -0.3 is 9.84 Å². The van der Waals surface area contributed by atoms with E-state index >= 15 is 0 Å². The van der Waals surface area contributed by atoms with Crippen molar-refractivity contribution in [2.45, 2.75) is 13.0 Å². The van der Waals surface area contributed by atoms with Crippen molar-refractivity contribution in [3.8, 4) is 5.75 Å². The lowest BCUT2D eigenvalue weighted by Crippen LogP contribution is -2.39. The molecule has 0 radical (unpaired) electrons. The number of aliphatic hydroxyl groups excluding tert-OH is 1. The van der Waals surface area contributed by atoms with Crippen LogP contribution in [0.5, 0.6) is 5.75 Å². The van der Waals surface area contributed by atoms with Gasteiger partial charge in [0.2, 0.25) is 0 Å². The van der Waals surface area contributed by atoms with Crippen LogP contribution < -0.4 is 4.74 Å². The maximum absolute atomic E-state index is 8.81. The Bertz CT molecular complexity index is 296. The highest BCUT2D eigenvalue weighted by molar-refractivity contribution is 5.19. The fourth-order valence-electron chi connectivity index (χ4n) is 1.49. The van der Waals surface area contributed by atoms with Crippen LogP contribution in [0.15, 0.2) is 18.3 Å². The summed E-state index contributed by atoms with van der Waals surface area (Å²) in [4.78, 5) is 6.40. The largest absolute Gasteiger partial charge is 0.491 e. The van der Waals surface area contributed by atoms with Crippen LogP contribution in [-0.2, 0) is 6.61 Å². The Hall–Kier alpha value is -1.13. The summed E-state index contributed by atoms with van der Waals surface area (Å²) in [5, 5.41) is 8.81. The number of hydrogen-bond donors (Lipinski definition) is 1. The van der Waals surface area contributed by atoms with Crippen LogP contribution in [0, 0.1) is 0 Å². The van der Waals surface area contributed by atoms with Gasteiger partial charge in [-0.1, -0.05) is 0 Å². The molecule has 1 aliphatic heterocycles. The van der Waals surface area contributed by atoms with Crippen LogP contribution in [0.2, 0.25) is 0 Å². The molecule has 1 saturated heterocycles. The first-order chi connectivity index (χ1) is 7.38. The molecule has 1 fully saturated rings. The minimum absolute atomic E-state index is 0.0198. The van der Waals surface area contributed by atoms with Crippen molar-refractivity contribution < 1.29 is 9.84 Å². The zero-order valence-corrected chi connectivity index (χ0v) is 8.72. The molecular formula is C11H16N2O2. The van der Waals surface area contributed by atoms with Crippen molar-refractivity contribution in [2.24, 2.45) is 0 Å². The Labute approximate surface area is 89.5 Å². The van der Waals surface area contributed by atoms with Gasteiger partial charge in [-0.05, 0) is 31.6 Å². The quantitative estimate of drug-likeness (QED) is 0.772. The van der Waals surface area contributed by atoms with E-state index in [1.807, 2.05) is 6.07 Å². The average Bonchev–Trinajstić information content (AvgIpc) is 2.23. The molecule has 1 N–H and O–H groups in total. The standard InChI is InChI=1S/C11H16N2O2/c14-9-10-2-3-11(8-12-10)15-7-6-13-4-1-5-13/h2-3,8,14H,1,4-7,9H2. The summed E-state index contributed by atoms with van der Waals surface area (Å²) in [6.45, 7) is 4.08. The summed E-state index contributed by atoms with van der Waals surface area (Å²) in [5.41, 5.74) is 0.671. The van der Waals surface area contributed by atoms with Gasteiger partial charge in [0.25, 0.3) is 0 Å². The number of aromatic nitrogens is 1. The van der Waals surface area contributed by atoms with Crippen molar-refractivity contribution in [3.05, 3.63) is 24.0 Å². The van der Waals surface area contributed by atoms with Crippen molar-refractivity contribution in [1.29, 1.82) is 0 Å². The lowest BCUT2D eigenvalue weighted by Gasteiger charge is -2.30. The molecular weight excluding hydrogens is 192 g/mol. The predicted octanol–water partition coefficient (Wildman–Crippen LogP) is 0.658. The van der Waals surface area contributed by atoms with Gasteiger partial charge in [-0.3, -0.25) is 9.88 Å². The Kier molecular flexibility index (Phi) is 3.53. The average molecular weight is 208 g/mol. The first-order valence-corrected chi connectivity index (χ1v) is 5.29. The molecule has 1 aromatic rings. The van der Waals surface area contributed by atoms with E-state index in [0.29, 0.717) is 12.3 Å². The lowest BCUT2D eigenvalue weighted by molar-refractivity contribution is 0.147. The molecule has 0 aliphatic carbocycles. The van der Waals surface area contributed by atoms with Gasteiger partial charge in [-0.25, -0.2) is 0 Å². The highest BCUT2D eigenvalue weighted by Crippen LogP contribution is 2.10. The van der Waals surface area contributed by atoms with Crippen molar-refractivity contribution >= 4 is 0 Å². The van der Waals surface area contributed by atoms with Crippen molar-refractivity contribution in [3.63, 3.8) is 0 Å². The fraction of sp³-hybridized carbons (Fsp3) is 0.545. The van der Waals surface area contributed by atoms with Crippen molar-refractivity contribution in [2.75, 3.05) is 26.2 Å². The SMILES string of the molecule is OCc1ccc(OCCN2CCC2)cn1. The predicted molar refractivity (Wildman–Crippen MR) is 56.7 cm³/mol. The molecule has 15 heavy (non-hydrogen) atoms. The van der Waals surface area contributed by atoms with Crippen LogP contribution >= 0.6 is 0 Å². The number of hydrogen-bond acceptors (Lipinski definition) is 4. The van der Waals surface area contributed by atoms with Gasteiger partial charge in [0.15, 0.2) is 0 Å². The van der Waals surface area contributed by atoms with Gasteiger partial charge in [0, 0.05) is 6.54 Å². The zero-order valence-electron chi connectivity index (χ0n) is 8.72.